The van der Waals surface area contributed by atoms with Gasteiger partial charge in [-0.15, -0.1) is 0 Å². The topological polar surface area (TPSA) is 27.7 Å². The second kappa shape index (κ2) is 7.61. The molecule has 0 spiro atoms. The van der Waals surface area contributed by atoms with Crippen LogP contribution < -0.4 is 0 Å². The van der Waals surface area contributed by atoms with Crippen molar-refractivity contribution in [2.45, 2.75) is 72.2 Å². The van der Waals surface area contributed by atoms with E-state index in [2.05, 4.69) is 0 Å². The van der Waals surface area contributed by atoms with Gasteiger partial charge in [0.2, 0.25) is 0 Å². The Balaban J connectivity index is 2.34. The van der Waals surface area contributed by atoms with E-state index in [0.29, 0.717) is 18.6 Å². The lowest BCUT2D eigenvalue weighted by Crippen LogP contribution is -2.41. The molecule has 0 radical (unpaired) electrons. The highest BCUT2D eigenvalue weighted by atomic mass is 19.1. The van der Waals surface area contributed by atoms with Gasteiger partial charge in [-0.25, -0.2) is 4.39 Å². The van der Waals surface area contributed by atoms with Crippen LogP contribution in [0.25, 0.3) is 5.57 Å². The van der Waals surface area contributed by atoms with Crippen molar-refractivity contribution in [3.05, 3.63) is 41.1 Å². The molecule has 0 unspecified atom stereocenters. The SMILES string of the molecule is Cc1cccc(C(CCOC(C)C)=C(F)B2OC(C)(C)C(C)(C)O2)c1. The van der Waals surface area contributed by atoms with Crippen LogP contribution in [0.2, 0.25) is 0 Å². The molecule has 0 aromatic heterocycles. The van der Waals surface area contributed by atoms with Crippen LogP contribution in [0.3, 0.4) is 0 Å². The predicted octanol–water partition coefficient (Wildman–Crippen LogP) is 5.12. The highest BCUT2D eigenvalue weighted by molar-refractivity contribution is 6.55. The molecule has 1 saturated heterocycles. The zero-order chi connectivity index (χ0) is 18.8. The van der Waals surface area contributed by atoms with Gasteiger partial charge in [-0.2, -0.15) is 0 Å². The van der Waals surface area contributed by atoms with Crippen molar-refractivity contribution in [1.29, 1.82) is 0 Å². The molecule has 1 heterocycles. The number of hydrogen-bond donors (Lipinski definition) is 0. The Bertz CT molecular complexity index is 622. The van der Waals surface area contributed by atoms with Crippen molar-refractivity contribution in [2.24, 2.45) is 0 Å². The van der Waals surface area contributed by atoms with Gasteiger partial charge in [0.05, 0.1) is 23.9 Å². The quantitative estimate of drug-likeness (QED) is 0.668. The van der Waals surface area contributed by atoms with Gasteiger partial charge in [-0.1, -0.05) is 29.8 Å². The van der Waals surface area contributed by atoms with E-state index in [1.54, 1.807) is 0 Å². The summed E-state index contributed by atoms with van der Waals surface area (Å²) < 4.78 is 32.8. The molecule has 0 aliphatic carbocycles. The van der Waals surface area contributed by atoms with E-state index in [1.165, 1.54) is 0 Å². The molecular formula is C20H30BFO3. The average Bonchev–Trinajstić information content (AvgIpc) is 2.71. The molecule has 1 aliphatic heterocycles. The molecule has 2 rings (SSSR count). The molecule has 0 saturated carbocycles. The smallest absolute Gasteiger partial charge is 0.398 e. The summed E-state index contributed by atoms with van der Waals surface area (Å²) in [5.41, 5.74) is 1.02. The first kappa shape index (κ1) is 20.2. The summed E-state index contributed by atoms with van der Waals surface area (Å²) in [6.45, 7) is 14.1. The third-order valence-electron chi connectivity index (χ3n) is 4.92. The van der Waals surface area contributed by atoms with Gasteiger partial charge in [-0.05, 0) is 66.0 Å². The zero-order valence-corrected chi connectivity index (χ0v) is 16.5. The fourth-order valence-electron chi connectivity index (χ4n) is 2.72. The van der Waals surface area contributed by atoms with Crippen molar-refractivity contribution in [1.82, 2.24) is 0 Å². The van der Waals surface area contributed by atoms with Crippen molar-refractivity contribution >= 4 is 12.7 Å². The summed E-state index contributed by atoms with van der Waals surface area (Å²) >= 11 is 0. The molecule has 3 nitrogen and oxygen atoms in total. The van der Waals surface area contributed by atoms with Crippen molar-refractivity contribution in [3.8, 4) is 0 Å². The highest BCUT2D eigenvalue weighted by Crippen LogP contribution is 2.40. The van der Waals surface area contributed by atoms with Crippen molar-refractivity contribution in [3.63, 3.8) is 0 Å². The van der Waals surface area contributed by atoms with Gasteiger partial charge in [0.1, 0.15) is 5.73 Å². The molecular weight excluding hydrogens is 318 g/mol. The first-order chi connectivity index (χ1) is 11.5. The summed E-state index contributed by atoms with van der Waals surface area (Å²) in [6, 6.07) is 7.84. The lowest BCUT2D eigenvalue weighted by atomic mass is 9.81. The van der Waals surface area contributed by atoms with Gasteiger partial charge in [0, 0.05) is 0 Å². The summed E-state index contributed by atoms with van der Waals surface area (Å²) in [5.74, 6) is 0. The summed E-state index contributed by atoms with van der Waals surface area (Å²) in [7, 11) is -0.987. The maximum absolute atomic E-state index is 15.4. The van der Waals surface area contributed by atoms with E-state index >= 15 is 4.39 Å². The highest BCUT2D eigenvalue weighted by Gasteiger charge is 2.53. The largest absolute Gasteiger partial charge is 0.525 e. The Hall–Kier alpha value is -1.17. The fourth-order valence-corrected chi connectivity index (χ4v) is 2.72. The van der Waals surface area contributed by atoms with Crippen LogP contribution >= 0.6 is 0 Å². The van der Waals surface area contributed by atoms with Crippen LogP contribution in [0.1, 0.15) is 59.1 Å². The summed E-state index contributed by atoms with van der Waals surface area (Å²) in [5, 5.41) is 0. The van der Waals surface area contributed by atoms with Crippen LogP contribution in [0.5, 0.6) is 0 Å². The Labute approximate surface area is 151 Å². The molecule has 0 amide bonds. The van der Waals surface area contributed by atoms with E-state index in [1.807, 2.05) is 72.7 Å². The molecule has 0 atom stereocenters. The molecule has 25 heavy (non-hydrogen) atoms. The lowest BCUT2D eigenvalue weighted by molar-refractivity contribution is 0.00578. The summed E-state index contributed by atoms with van der Waals surface area (Å²) in [4.78, 5) is 0. The predicted molar refractivity (Wildman–Crippen MR) is 101 cm³/mol. The molecule has 0 N–H and O–H groups in total. The number of benzene rings is 1. The minimum atomic E-state index is -0.987. The van der Waals surface area contributed by atoms with Crippen LogP contribution in [0, 0.1) is 6.92 Å². The normalized spacial score (nSPS) is 20.1. The fraction of sp³-hybridized carbons (Fsp3) is 0.600. The standard InChI is InChI=1S/C20H30BFO3/c1-14(2)23-12-11-17(16-10-8-9-15(3)13-16)18(22)21-24-19(4,5)20(6,7)25-21/h8-10,13-14H,11-12H2,1-7H3. The minimum Gasteiger partial charge on any atom is -0.398 e. The number of hydrogen-bond acceptors (Lipinski definition) is 3. The molecule has 5 heteroatoms. The Morgan fingerprint density at radius 3 is 2.28 bits per heavy atom. The third-order valence-corrected chi connectivity index (χ3v) is 4.92. The van der Waals surface area contributed by atoms with Gasteiger partial charge in [0.15, 0.2) is 0 Å². The van der Waals surface area contributed by atoms with Crippen molar-refractivity contribution < 1.29 is 18.4 Å². The lowest BCUT2D eigenvalue weighted by Gasteiger charge is -2.32. The first-order valence-corrected chi connectivity index (χ1v) is 8.96. The number of rotatable bonds is 6. The van der Waals surface area contributed by atoms with Gasteiger partial charge in [0.25, 0.3) is 0 Å². The van der Waals surface area contributed by atoms with Crippen LogP contribution in [-0.4, -0.2) is 31.0 Å². The maximum atomic E-state index is 15.4. The van der Waals surface area contributed by atoms with E-state index < -0.39 is 18.3 Å². The molecule has 1 aromatic rings. The maximum Gasteiger partial charge on any atom is 0.525 e. The Kier molecular flexibility index (Phi) is 6.13. The third kappa shape index (κ3) is 4.72. The Morgan fingerprint density at radius 2 is 1.76 bits per heavy atom. The number of halogens is 1. The van der Waals surface area contributed by atoms with E-state index in [9.17, 15) is 0 Å². The van der Waals surface area contributed by atoms with Gasteiger partial charge in [-0.3, -0.25) is 0 Å². The molecule has 1 aliphatic rings. The molecule has 0 bridgehead atoms. The molecule has 1 aromatic carbocycles. The van der Waals surface area contributed by atoms with Gasteiger partial charge < -0.3 is 14.0 Å². The second-order valence-corrected chi connectivity index (χ2v) is 7.95. The van der Waals surface area contributed by atoms with E-state index in [0.717, 1.165) is 11.1 Å². The van der Waals surface area contributed by atoms with Crippen LogP contribution in [-0.2, 0) is 14.0 Å². The van der Waals surface area contributed by atoms with Crippen molar-refractivity contribution in [2.75, 3.05) is 6.61 Å². The second-order valence-electron chi connectivity index (χ2n) is 7.95. The minimum absolute atomic E-state index is 0.110. The first-order valence-electron chi connectivity index (χ1n) is 8.96. The van der Waals surface area contributed by atoms with E-state index in [-0.39, 0.29) is 11.8 Å². The summed E-state index contributed by atoms with van der Waals surface area (Å²) in [6.07, 6.45) is 0.580. The average molecular weight is 348 g/mol. The monoisotopic (exact) mass is 348 g/mol. The van der Waals surface area contributed by atoms with Gasteiger partial charge >= 0.3 is 7.12 Å². The Morgan fingerprint density at radius 1 is 1.16 bits per heavy atom. The number of ether oxygens (including phenoxy) is 1. The van der Waals surface area contributed by atoms with Crippen LogP contribution in [0.4, 0.5) is 4.39 Å². The molecule has 138 valence electrons. The zero-order valence-electron chi connectivity index (χ0n) is 16.5. The molecule has 1 fully saturated rings. The number of aryl methyl sites for hydroxylation is 1. The van der Waals surface area contributed by atoms with Crippen LogP contribution in [0.15, 0.2) is 30.0 Å². The van der Waals surface area contributed by atoms with E-state index in [4.69, 9.17) is 14.0 Å².